The Morgan fingerprint density at radius 3 is 2.67 bits per heavy atom. The zero-order valence-corrected chi connectivity index (χ0v) is 14.1. The van der Waals surface area contributed by atoms with Gasteiger partial charge in [-0.15, -0.1) is 0 Å². The van der Waals surface area contributed by atoms with Crippen LogP contribution >= 0.6 is 15.9 Å². The van der Waals surface area contributed by atoms with Gasteiger partial charge in [0.2, 0.25) is 0 Å². The smallest absolute Gasteiger partial charge is 0.0342 e. The molecule has 0 fully saturated rings. The van der Waals surface area contributed by atoms with Gasteiger partial charge in [-0.1, -0.05) is 47.5 Å². The molecule has 2 aromatic carbocycles. The summed E-state index contributed by atoms with van der Waals surface area (Å²) in [6, 6.07) is 16.2. The molecule has 0 saturated carbocycles. The number of fused-ring (bicyclic) bond motifs is 1. The normalized spacial score (nSPS) is 17.3. The largest absolute Gasteiger partial charge is 0.382 e. The minimum absolute atomic E-state index is 0.552. The van der Waals surface area contributed by atoms with Crippen molar-refractivity contribution >= 4 is 21.6 Å². The molecule has 1 nitrogen and oxygen atoms in total. The number of halogens is 1. The second-order valence-electron chi connectivity index (χ2n) is 5.94. The van der Waals surface area contributed by atoms with E-state index in [1.54, 1.807) is 0 Å². The van der Waals surface area contributed by atoms with Crippen molar-refractivity contribution in [3.8, 4) is 0 Å². The van der Waals surface area contributed by atoms with Crippen LogP contribution in [0.4, 0.5) is 5.69 Å². The summed E-state index contributed by atoms with van der Waals surface area (Å²) in [6.07, 6.45) is 5.88. The molecule has 1 unspecified atom stereocenters. The van der Waals surface area contributed by atoms with E-state index < -0.39 is 0 Å². The standard InChI is InChI=1S/C19H22BrN/c1-2-3-14-4-9-18(10-5-14)21-19-11-7-15-12-17(20)8-6-16(15)13-19/h4-6,8-10,12,19,21H,2-3,7,11,13H2,1H3. The van der Waals surface area contributed by atoms with Gasteiger partial charge >= 0.3 is 0 Å². The summed E-state index contributed by atoms with van der Waals surface area (Å²) < 4.78 is 1.19. The third-order valence-corrected chi connectivity index (χ3v) is 4.75. The minimum Gasteiger partial charge on any atom is -0.382 e. The van der Waals surface area contributed by atoms with E-state index in [9.17, 15) is 0 Å². The fourth-order valence-corrected chi connectivity index (χ4v) is 3.55. The van der Waals surface area contributed by atoms with E-state index in [2.05, 4.69) is 70.6 Å². The van der Waals surface area contributed by atoms with Crippen LogP contribution < -0.4 is 5.32 Å². The van der Waals surface area contributed by atoms with Crippen molar-refractivity contribution in [3.05, 3.63) is 63.6 Å². The van der Waals surface area contributed by atoms with E-state index in [0.717, 1.165) is 6.42 Å². The number of anilines is 1. The molecule has 0 aliphatic heterocycles. The Kier molecular flexibility index (Phi) is 4.64. The molecular formula is C19H22BrN. The summed E-state index contributed by atoms with van der Waals surface area (Å²) in [4.78, 5) is 0. The summed E-state index contributed by atoms with van der Waals surface area (Å²) in [6.45, 7) is 2.23. The number of benzene rings is 2. The van der Waals surface area contributed by atoms with Crippen LogP contribution in [0.2, 0.25) is 0 Å². The van der Waals surface area contributed by atoms with Crippen molar-refractivity contribution in [1.82, 2.24) is 0 Å². The molecule has 2 aromatic rings. The third-order valence-electron chi connectivity index (χ3n) is 4.26. The van der Waals surface area contributed by atoms with E-state index in [4.69, 9.17) is 0 Å². The molecule has 0 amide bonds. The van der Waals surface area contributed by atoms with Crippen molar-refractivity contribution < 1.29 is 0 Å². The summed E-state index contributed by atoms with van der Waals surface area (Å²) >= 11 is 3.56. The lowest BCUT2D eigenvalue weighted by Crippen LogP contribution is -2.27. The molecule has 1 N–H and O–H groups in total. The molecule has 0 heterocycles. The van der Waals surface area contributed by atoms with Crippen LogP contribution in [0.1, 0.15) is 36.5 Å². The minimum atomic E-state index is 0.552. The van der Waals surface area contributed by atoms with Crippen molar-refractivity contribution in [2.75, 3.05) is 5.32 Å². The first kappa shape index (κ1) is 14.6. The number of nitrogens with one attached hydrogen (secondary N) is 1. The van der Waals surface area contributed by atoms with Crippen LogP contribution in [0, 0.1) is 0 Å². The maximum absolute atomic E-state index is 3.69. The van der Waals surface area contributed by atoms with Crippen molar-refractivity contribution in [3.63, 3.8) is 0 Å². The summed E-state index contributed by atoms with van der Waals surface area (Å²) in [5, 5.41) is 3.69. The zero-order chi connectivity index (χ0) is 14.7. The van der Waals surface area contributed by atoms with E-state index in [0.29, 0.717) is 6.04 Å². The topological polar surface area (TPSA) is 12.0 Å². The highest BCUT2D eigenvalue weighted by molar-refractivity contribution is 9.10. The SMILES string of the molecule is CCCc1ccc(NC2CCc3cc(Br)ccc3C2)cc1. The van der Waals surface area contributed by atoms with E-state index >= 15 is 0 Å². The van der Waals surface area contributed by atoms with Crippen LogP contribution in [0.25, 0.3) is 0 Å². The van der Waals surface area contributed by atoms with Gasteiger partial charge < -0.3 is 5.32 Å². The van der Waals surface area contributed by atoms with Gasteiger partial charge in [-0.2, -0.15) is 0 Å². The fourth-order valence-electron chi connectivity index (χ4n) is 3.14. The van der Waals surface area contributed by atoms with Gasteiger partial charge in [-0.05, 0) is 66.6 Å². The van der Waals surface area contributed by atoms with Crippen molar-refractivity contribution in [2.45, 2.75) is 45.1 Å². The quantitative estimate of drug-likeness (QED) is 0.786. The summed E-state index contributed by atoms with van der Waals surface area (Å²) in [5.41, 5.74) is 5.67. The van der Waals surface area contributed by atoms with Gasteiger partial charge in [-0.25, -0.2) is 0 Å². The van der Waals surface area contributed by atoms with Crippen LogP contribution in [0.3, 0.4) is 0 Å². The highest BCUT2D eigenvalue weighted by Gasteiger charge is 2.18. The number of hydrogen-bond acceptors (Lipinski definition) is 1. The molecule has 0 saturated heterocycles. The Hall–Kier alpha value is -1.28. The first-order chi connectivity index (χ1) is 10.2. The molecule has 0 radical (unpaired) electrons. The average molecular weight is 344 g/mol. The molecule has 110 valence electrons. The Balaban J connectivity index is 1.65. The van der Waals surface area contributed by atoms with Crippen LogP contribution in [0.5, 0.6) is 0 Å². The molecule has 1 aliphatic carbocycles. The highest BCUT2D eigenvalue weighted by atomic mass is 79.9. The second-order valence-corrected chi connectivity index (χ2v) is 6.86. The first-order valence-electron chi connectivity index (χ1n) is 7.87. The predicted octanol–water partition coefficient (Wildman–Crippen LogP) is 5.37. The second kappa shape index (κ2) is 6.65. The van der Waals surface area contributed by atoms with Crippen LogP contribution in [-0.4, -0.2) is 6.04 Å². The van der Waals surface area contributed by atoms with Crippen molar-refractivity contribution in [2.24, 2.45) is 0 Å². The van der Waals surface area contributed by atoms with E-state index in [-0.39, 0.29) is 0 Å². The lowest BCUT2D eigenvalue weighted by molar-refractivity contribution is 0.610. The third kappa shape index (κ3) is 3.68. The maximum atomic E-state index is 3.69. The monoisotopic (exact) mass is 343 g/mol. The van der Waals surface area contributed by atoms with Gasteiger partial charge in [0, 0.05) is 16.2 Å². The number of rotatable bonds is 4. The fraction of sp³-hybridized carbons (Fsp3) is 0.368. The van der Waals surface area contributed by atoms with Gasteiger partial charge in [0.1, 0.15) is 0 Å². The Labute approximate surface area is 135 Å². The number of aryl methyl sites for hydroxylation is 2. The molecule has 2 heteroatoms. The van der Waals surface area contributed by atoms with Gasteiger partial charge in [0.05, 0.1) is 0 Å². The molecular weight excluding hydrogens is 322 g/mol. The lowest BCUT2D eigenvalue weighted by Gasteiger charge is -2.26. The Morgan fingerprint density at radius 1 is 1.10 bits per heavy atom. The number of hydrogen-bond donors (Lipinski definition) is 1. The summed E-state index contributed by atoms with van der Waals surface area (Å²) in [5.74, 6) is 0. The molecule has 0 spiro atoms. The predicted molar refractivity (Wildman–Crippen MR) is 94.0 cm³/mol. The average Bonchev–Trinajstić information content (AvgIpc) is 2.50. The Morgan fingerprint density at radius 2 is 1.90 bits per heavy atom. The molecule has 0 bridgehead atoms. The molecule has 1 atom stereocenters. The zero-order valence-electron chi connectivity index (χ0n) is 12.5. The van der Waals surface area contributed by atoms with Gasteiger partial charge in [0.15, 0.2) is 0 Å². The van der Waals surface area contributed by atoms with E-state index in [1.807, 2.05) is 0 Å². The summed E-state index contributed by atoms with van der Waals surface area (Å²) in [7, 11) is 0. The van der Waals surface area contributed by atoms with Crippen LogP contribution in [0.15, 0.2) is 46.9 Å². The maximum Gasteiger partial charge on any atom is 0.0342 e. The lowest BCUT2D eigenvalue weighted by atomic mass is 9.88. The van der Waals surface area contributed by atoms with Gasteiger partial charge in [0.25, 0.3) is 0 Å². The Bertz CT molecular complexity index is 603. The molecule has 1 aliphatic rings. The van der Waals surface area contributed by atoms with Gasteiger partial charge in [-0.3, -0.25) is 0 Å². The van der Waals surface area contributed by atoms with Crippen LogP contribution in [-0.2, 0) is 19.3 Å². The van der Waals surface area contributed by atoms with Crippen molar-refractivity contribution in [1.29, 1.82) is 0 Å². The van der Waals surface area contributed by atoms with E-state index in [1.165, 1.54) is 52.5 Å². The highest BCUT2D eigenvalue weighted by Crippen LogP contribution is 2.26. The first-order valence-corrected chi connectivity index (χ1v) is 8.66. The molecule has 0 aromatic heterocycles. The molecule has 3 rings (SSSR count). The molecule has 21 heavy (non-hydrogen) atoms.